The molecule has 0 heterocycles. The van der Waals surface area contributed by atoms with Crippen molar-refractivity contribution in [1.82, 2.24) is 0 Å². The molecule has 0 amide bonds. The molecule has 0 unspecified atom stereocenters. The van der Waals surface area contributed by atoms with Gasteiger partial charge in [0.2, 0.25) is 0 Å². The van der Waals surface area contributed by atoms with Crippen molar-refractivity contribution in [2.75, 3.05) is 0 Å². The minimum atomic E-state index is -0.739. The van der Waals surface area contributed by atoms with Crippen LogP contribution < -0.4 is 0 Å². The standard InChI is InChI=1S/C16H28O6/c1-15(2,3)21-13(17)19-11-9-7-8-10-12(11)20-14(18)22-16(4,5)6/h11-12H,7-10H2,1-6H3/t11-,12-/m1/s1. The average Bonchev–Trinajstić information content (AvgIpc) is 2.26. The summed E-state index contributed by atoms with van der Waals surface area (Å²) in [6.07, 6.45) is 0.671. The fourth-order valence-electron chi connectivity index (χ4n) is 2.13. The topological polar surface area (TPSA) is 71.1 Å². The molecular weight excluding hydrogens is 288 g/mol. The molecule has 0 aromatic carbocycles. The first-order chi connectivity index (χ1) is 9.96. The first-order valence-electron chi connectivity index (χ1n) is 7.75. The Morgan fingerprint density at radius 3 is 1.32 bits per heavy atom. The van der Waals surface area contributed by atoms with Crippen LogP contribution in [-0.2, 0) is 18.9 Å². The second-order valence-electron chi connectivity index (χ2n) is 7.53. The van der Waals surface area contributed by atoms with Crippen LogP contribution in [0.15, 0.2) is 0 Å². The first kappa shape index (κ1) is 18.6. The largest absolute Gasteiger partial charge is 0.509 e. The first-order valence-corrected chi connectivity index (χ1v) is 7.75. The van der Waals surface area contributed by atoms with Crippen LogP contribution in [-0.4, -0.2) is 35.7 Å². The predicted molar refractivity (Wildman–Crippen MR) is 80.7 cm³/mol. The molecule has 22 heavy (non-hydrogen) atoms. The molecule has 0 bridgehead atoms. The lowest BCUT2D eigenvalue weighted by Crippen LogP contribution is -2.40. The predicted octanol–water partition coefficient (Wildman–Crippen LogP) is 4.20. The molecule has 0 radical (unpaired) electrons. The van der Waals surface area contributed by atoms with Crippen LogP contribution in [0.4, 0.5) is 9.59 Å². The van der Waals surface area contributed by atoms with Crippen molar-refractivity contribution in [3.8, 4) is 0 Å². The maximum atomic E-state index is 11.8. The van der Waals surface area contributed by atoms with Crippen LogP contribution in [0.3, 0.4) is 0 Å². The van der Waals surface area contributed by atoms with Crippen LogP contribution in [0.1, 0.15) is 67.2 Å². The quantitative estimate of drug-likeness (QED) is 0.711. The Kier molecular flexibility index (Phi) is 6.08. The molecule has 1 aliphatic rings. The summed E-state index contributed by atoms with van der Waals surface area (Å²) in [6, 6.07) is 0. The van der Waals surface area contributed by atoms with E-state index < -0.39 is 35.7 Å². The fraction of sp³-hybridized carbons (Fsp3) is 0.875. The summed E-state index contributed by atoms with van der Waals surface area (Å²) in [7, 11) is 0. The van der Waals surface area contributed by atoms with Crippen LogP contribution in [0, 0.1) is 0 Å². The highest BCUT2D eigenvalue weighted by Gasteiger charge is 2.34. The van der Waals surface area contributed by atoms with Gasteiger partial charge in [0, 0.05) is 0 Å². The summed E-state index contributed by atoms with van der Waals surface area (Å²) in [6.45, 7) is 10.6. The Morgan fingerprint density at radius 2 is 1.05 bits per heavy atom. The van der Waals surface area contributed by atoms with E-state index in [-0.39, 0.29) is 0 Å². The van der Waals surface area contributed by atoms with Gasteiger partial charge in [0.25, 0.3) is 0 Å². The second kappa shape index (κ2) is 7.20. The number of carbonyl (C=O) groups is 2. The lowest BCUT2D eigenvalue weighted by atomic mass is 9.94. The van der Waals surface area contributed by atoms with Crippen molar-refractivity contribution in [2.45, 2.75) is 90.6 Å². The summed E-state index contributed by atoms with van der Waals surface area (Å²) in [4.78, 5) is 23.5. The van der Waals surface area contributed by atoms with Crippen LogP contribution in [0.25, 0.3) is 0 Å². The second-order valence-corrected chi connectivity index (χ2v) is 7.53. The van der Waals surface area contributed by atoms with Crippen molar-refractivity contribution < 1.29 is 28.5 Å². The Balaban J connectivity index is 2.56. The van der Waals surface area contributed by atoms with Gasteiger partial charge in [0.1, 0.15) is 23.4 Å². The summed E-state index contributed by atoms with van der Waals surface area (Å²) in [5.74, 6) is 0. The third-order valence-electron chi connectivity index (χ3n) is 2.92. The molecule has 1 fully saturated rings. The van der Waals surface area contributed by atoms with Gasteiger partial charge in [0.05, 0.1) is 0 Å². The van der Waals surface area contributed by atoms with E-state index in [1.165, 1.54) is 0 Å². The van der Waals surface area contributed by atoms with Gasteiger partial charge in [-0.05, 0) is 67.2 Å². The third-order valence-corrected chi connectivity index (χ3v) is 2.92. The van der Waals surface area contributed by atoms with Gasteiger partial charge in [-0.2, -0.15) is 0 Å². The van der Waals surface area contributed by atoms with E-state index in [2.05, 4.69) is 0 Å². The van der Waals surface area contributed by atoms with E-state index in [9.17, 15) is 9.59 Å². The van der Waals surface area contributed by atoms with Crippen molar-refractivity contribution >= 4 is 12.3 Å². The smallest absolute Gasteiger partial charge is 0.429 e. The summed E-state index contributed by atoms with van der Waals surface area (Å²) in [5.41, 5.74) is -1.24. The lowest BCUT2D eigenvalue weighted by Gasteiger charge is -2.31. The third kappa shape index (κ3) is 7.52. The molecule has 0 aromatic rings. The number of carbonyl (C=O) groups excluding carboxylic acids is 2. The number of ether oxygens (including phenoxy) is 4. The zero-order valence-electron chi connectivity index (χ0n) is 14.4. The minimum absolute atomic E-state index is 0.490. The van der Waals surface area contributed by atoms with Gasteiger partial charge in [-0.3, -0.25) is 0 Å². The van der Waals surface area contributed by atoms with Crippen molar-refractivity contribution in [3.05, 3.63) is 0 Å². The van der Waals surface area contributed by atoms with E-state index in [0.29, 0.717) is 12.8 Å². The molecule has 6 nitrogen and oxygen atoms in total. The van der Waals surface area contributed by atoms with Crippen molar-refractivity contribution in [2.24, 2.45) is 0 Å². The highest BCUT2D eigenvalue weighted by molar-refractivity contribution is 5.62. The molecule has 0 spiro atoms. The maximum absolute atomic E-state index is 11.8. The Hall–Kier alpha value is -1.46. The van der Waals surface area contributed by atoms with Crippen LogP contribution in [0.5, 0.6) is 0 Å². The van der Waals surface area contributed by atoms with Crippen molar-refractivity contribution in [1.29, 1.82) is 0 Å². The van der Waals surface area contributed by atoms with E-state index >= 15 is 0 Å². The Morgan fingerprint density at radius 1 is 0.727 bits per heavy atom. The molecule has 0 saturated heterocycles. The number of rotatable bonds is 2. The SMILES string of the molecule is CC(C)(C)OC(=O)O[C@@H]1CCCC[C@H]1OC(=O)OC(C)(C)C. The normalized spacial score (nSPS) is 22.6. The number of hydrogen-bond acceptors (Lipinski definition) is 6. The molecule has 0 N–H and O–H groups in total. The summed E-state index contributed by atoms with van der Waals surface area (Å²) >= 11 is 0. The van der Waals surface area contributed by atoms with Crippen LogP contribution >= 0.6 is 0 Å². The van der Waals surface area contributed by atoms with Gasteiger partial charge < -0.3 is 18.9 Å². The van der Waals surface area contributed by atoms with E-state index in [0.717, 1.165) is 12.8 Å². The molecule has 1 rings (SSSR count). The molecule has 6 heteroatoms. The minimum Gasteiger partial charge on any atom is -0.429 e. The molecule has 1 saturated carbocycles. The summed E-state index contributed by atoms with van der Waals surface area (Å²) in [5, 5.41) is 0. The number of hydrogen-bond donors (Lipinski definition) is 0. The van der Waals surface area contributed by atoms with E-state index in [4.69, 9.17) is 18.9 Å². The maximum Gasteiger partial charge on any atom is 0.509 e. The molecule has 0 aliphatic heterocycles. The van der Waals surface area contributed by atoms with E-state index in [1.807, 2.05) is 0 Å². The van der Waals surface area contributed by atoms with Gasteiger partial charge >= 0.3 is 12.3 Å². The van der Waals surface area contributed by atoms with Gasteiger partial charge in [-0.1, -0.05) is 0 Å². The lowest BCUT2D eigenvalue weighted by molar-refractivity contribution is -0.0953. The summed E-state index contributed by atoms with van der Waals surface area (Å²) < 4.78 is 20.9. The van der Waals surface area contributed by atoms with Crippen molar-refractivity contribution in [3.63, 3.8) is 0 Å². The highest BCUT2D eigenvalue weighted by atomic mass is 16.8. The molecular formula is C16H28O6. The fourth-order valence-corrected chi connectivity index (χ4v) is 2.13. The molecule has 2 atom stereocenters. The molecule has 0 aromatic heterocycles. The zero-order valence-corrected chi connectivity index (χ0v) is 14.4. The van der Waals surface area contributed by atoms with Gasteiger partial charge in [-0.25, -0.2) is 9.59 Å². The zero-order chi connectivity index (χ0) is 17.0. The van der Waals surface area contributed by atoms with Crippen LogP contribution in [0.2, 0.25) is 0 Å². The Bertz CT molecular complexity index is 352. The molecule has 1 aliphatic carbocycles. The monoisotopic (exact) mass is 316 g/mol. The average molecular weight is 316 g/mol. The highest BCUT2D eigenvalue weighted by Crippen LogP contribution is 2.26. The van der Waals surface area contributed by atoms with E-state index in [1.54, 1.807) is 41.5 Å². The Labute approximate surface area is 132 Å². The molecule has 128 valence electrons. The van der Waals surface area contributed by atoms with Gasteiger partial charge in [-0.15, -0.1) is 0 Å². The van der Waals surface area contributed by atoms with Gasteiger partial charge in [0.15, 0.2) is 0 Å².